The van der Waals surface area contributed by atoms with Crippen LogP contribution < -0.4 is 10.3 Å². The van der Waals surface area contributed by atoms with Gasteiger partial charge in [0.25, 0.3) is 5.56 Å². The number of benzene rings is 1. The van der Waals surface area contributed by atoms with E-state index in [1.807, 2.05) is 43.3 Å². The van der Waals surface area contributed by atoms with Crippen molar-refractivity contribution in [3.05, 3.63) is 100.0 Å². The third-order valence-corrected chi connectivity index (χ3v) is 4.28. The highest BCUT2D eigenvalue weighted by Gasteiger charge is 2.14. The van der Waals surface area contributed by atoms with Gasteiger partial charge < -0.3 is 13.9 Å². The Morgan fingerprint density at radius 1 is 1.07 bits per heavy atom. The predicted molar refractivity (Wildman–Crippen MR) is 105 cm³/mol. The second kappa shape index (κ2) is 8.02. The third kappa shape index (κ3) is 4.19. The van der Waals surface area contributed by atoms with Crippen molar-refractivity contribution < 1.29 is 18.7 Å². The van der Waals surface area contributed by atoms with E-state index in [0.29, 0.717) is 22.9 Å². The molecule has 4 aromatic rings. The summed E-state index contributed by atoms with van der Waals surface area (Å²) in [4.78, 5) is 28.9. The van der Waals surface area contributed by atoms with E-state index in [1.54, 1.807) is 18.3 Å². The molecule has 4 rings (SSSR count). The first-order valence-corrected chi connectivity index (χ1v) is 9.02. The Hall–Kier alpha value is -3.87. The summed E-state index contributed by atoms with van der Waals surface area (Å²) >= 11 is 0. The molecule has 3 heterocycles. The molecule has 3 aromatic heterocycles. The topological polar surface area (TPSA) is 83.0 Å². The Bertz CT molecular complexity index is 1210. The summed E-state index contributed by atoms with van der Waals surface area (Å²) in [6, 6.07) is 17.5. The van der Waals surface area contributed by atoms with Crippen LogP contribution in [-0.2, 0) is 18.0 Å². The van der Waals surface area contributed by atoms with Crippen LogP contribution in [0.15, 0.2) is 76.1 Å². The van der Waals surface area contributed by atoms with Crippen LogP contribution in [0.5, 0.6) is 5.75 Å². The Morgan fingerprint density at radius 3 is 2.72 bits per heavy atom. The highest BCUT2D eigenvalue weighted by atomic mass is 16.5. The molecule has 7 nitrogen and oxygen atoms in total. The molecule has 146 valence electrons. The molecule has 0 saturated heterocycles. The van der Waals surface area contributed by atoms with Crippen LogP contribution in [0.2, 0.25) is 0 Å². The minimum Gasteiger partial charge on any atom is -0.486 e. The smallest absolute Gasteiger partial charge is 0.374 e. The molecule has 29 heavy (non-hydrogen) atoms. The van der Waals surface area contributed by atoms with Crippen LogP contribution in [0.1, 0.15) is 27.6 Å². The molecule has 0 N–H and O–H groups in total. The van der Waals surface area contributed by atoms with E-state index in [4.69, 9.17) is 13.9 Å². The zero-order valence-corrected chi connectivity index (χ0v) is 15.7. The molecule has 1 aromatic carbocycles. The molecule has 0 fully saturated rings. The summed E-state index contributed by atoms with van der Waals surface area (Å²) in [7, 11) is 0. The molecule has 0 bridgehead atoms. The lowest BCUT2D eigenvalue weighted by Gasteiger charge is -2.06. The number of rotatable bonds is 6. The van der Waals surface area contributed by atoms with Gasteiger partial charge in [0.2, 0.25) is 5.76 Å². The van der Waals surface area contributed by atoms with Gasteiger partial charge in [0, 0.05) is 12.3 Å². The van der Waals surface area contributed by atoms with E-state index in [0.717, 1.165) is 5.56 Å². The Kier molecular flexibility index (Phi) is 5.11. The van der Waals surface area contributed by atoms with Crippen molar-refractivity contribution in [1.29, 1.82) is 0 Å². The van der Waals surface area contributed by atoms with Gasteiger partial charge in [-0.25, -0.2) is 9.78 Å². The fraction of sp³-hybridized carbons (Fsp3) is 0.136. The zero-order chi connectivity index (χ0) is 20.2. The molecule has 0 radical (unpaired) electrons. The summed E-state index contributed by atoms with van der Waals surface area (Å²) in [6.45, 7) is 1.93. The number of esters is 1. The molecule has 0 unspecified atom stereocenters. The normalized spacial score (nSPS) is 10.8. The number of pyridine rings is 1. The Balaban J connectivity index is 1.40. The monoisotopic (exact) mass is 390 g/mol. The fourth-order valence-electron chi connectivity index (χ4n) is 2.83. The van der Waals surface area contributed by atoms with Crippen molar-refractivity contribution in [1.82, 2.24) is 9.38 Å². The first-order valence-electron chi connectivity index (χ1n) is 9.02. The number of carbonyl (C=O) groups excluding carboxylic acids is 1. The van der Waals surface area contributed by atoms with Crippen molar-refractivity contribution in [2.75, 3.05) is 0 Å². The third-order valence-electron chi connectivity index (χ3n) is 4.28. The van der Waals surface area contributed by atoms with Gasteiger partial charge in [0.15, 0.2) is 0 Å². The average Bonchev–Trinajstić information content (AvgIpc) is 3.21. The number of nitrogens with zero attached hydrogens (tertiary/aromatic N) is 2. The lowest BCUT2D eigenvalue weighted by molar-refractivity contribution is 0.0427. The maximum absolute atomic E-state index is 12.3. The van der Waals surface area contributed by atoms with E-state index in [-0.39, 0.29) is 24.5 Å². The van der Waals surface area contributed by atoms with E-state index in [1.165, 1.54) is 16.5 Å². The molecule has 0 aliphatic heterocycles. The molecule has 0 spiro atoms. The Labute approximate surface area is 166 Å². The summed E-state index contributed by atoms with van der Waals surface area (Å²) in [5.74, 6) is 0.628. The van der Waals surface area contributed by atoms with Crippen molar-refractivity contribution in [3.63, 3.8) is 0 Å². The maximum Gasteiger partial charge on any atom is 0.374 e. The SMILES string of the molecule is Cc1cccn2c(=O)cc(COC(=O)c3ccc(COc4ccccc4)o3)nc12. The second-order valence-corrected chi connectivity index (χ2v) is 6.41. The molecule has 0 aliphatic carbocycles. The molecule has 0 atom stereocenters. The predicted octanol–water partition coefficient (Wildman–Crippen LogP) is 3.53. The molecular formula is C22H18N2O5. The van der Waals surface area contributed by atoms with Gasteiger partial charge in [0.05, 0.1) is 5.69 Å². The first kappa shape index (κ1) is 18.5. The van der Waals surface area contributed by atoms with E-state index >= 15 is 0 Å². The van der Waals surface area contributed by atoms with Gasteiger partial charge >= 0.3 is 5.97 Å². The number of hydrogen-bond acceptors (Lipinski definition) is 6. The van der Waals surface area contributed by atoms with Gasteiger partial charge in [-0.3, -0.25) is 9.20 Å². The number of hydrogen-bond donors (Lipinski definition) is 0. The summed E-state index contributed by atoms with van der Waals surface area (Å²) in [5.41, 5.74) is 1.52. The number of furan rings is 1. The average molecular weight is 390 g/mol. The number of para-hydroxylation sites is 1. The number of ether oxygens (including phenoxy) is 2. The van der Waals surface area contributed by atoms with E-state index in [9.17, 15) is 9.59 Å². The van der Waals surface area contributed by atoms with E-state index < -0.39 is 5.97 Å². The van der Waals surface area contributed by atoms with Crippen molar-refractivity contribution in [3.8, 4) is 5.75 Å². The van der Waals surface area contributed by atoms with Crippen LogP contribution in [0.4, 0.5) is 0 Å². The largest absolute Gasteiger partial charge is 0.486 e. The lowest BCUT2D eigenvalue weighted by atomic mass is 10.3. The van der Waals surface area contributed by atoms with Gasteiger partial charge in [0.1, 0.15) is 30.4 Å². The fourth-order valence-corrected chi connectivity index (χ4v) is 2.83. The van der Waals surface area contributed by atoms with Crippen molar-refractivity contribution in [2.24, 2.45) is 0 Å². The summed E-state index contributed by atoms with van der Waals surface area (Å²) in [5, 5.41) is 0. The molecule has 0 aliphatic rings. The van der Waals surface area contributed by atoms with Crippen molar-refractivity contribution >= 4 is 11.6 Å². The number of aryl methyl sites for hydroxylation is 1. The minimum absolute atomic E-state index is 0.0605. The Morgan fingerprint density at radius 2 is 1.90 bits per heavy atom. The molecule has 0 amide bonds. The van der Waals surface area contributed by atoms with Gasteiger partial charge in [-0.2, -0.15) is 0 Å². The summed E-state index contributed by atoms with van der Waals surface area (Å²) in [6.07, 6.45) is 1.65. The quantitative estimate of drug-likeness (QED) is 0.469. The number of aromatic nitrogens is 2. The molecular weight excluding hydrogens is 372 g/mol. The summed E-state index contributed by atoms with van der Waals surface area (Å²) < 4.78 is 17.8. The number of carbonyl (C=O) groups is 1. The lowest BCUT2D eigenvalue weighted by Crippen LogP contribution is -2.17. The van der Waals surface area contributed by atoms with Crippen LogP contribution in [0.3, 0.4) is 0 Å². The van der Waals surface area contributed by atoms with Gasteiger partial charge in [-0.15, -0.1) is 0 Å². The van der Waals surface area contributed by atoms with Crippen LogP contribution in [0.25, 0.3) is 5.65 Å². The maximum atomic E-state index is 12.3. The van der Waals surface area contributed by atoms with Crippen LogP contribution >= 0.6 is 0 Å². The molecule has 0 saturated carbocycles. The number of fused-ring (bicyclic) bond motifs is 1. The van der Waals surface area contributed by atoms with Gasteiger partial charge in [-0.1, -0.05) is 24.3 Å². The van der Waals surface area contributed by atoms with Crippen LogP contribution in [0, 0.1) is 6.92 Å². The van der Waals surface area contributed by atoms with Crippen molar-refractivity contribution in [2.45, 2.75) is 20.1 Å². The van der Waals surface area contributed by atoms with Gasteiger partial charge in [-0.05, 0) is 42.8 Å². The first-order chi connectivity index (χ1) is 14.1. The highest BCUT2D eigenvalue weighted by molar-refractivity contribution is 5.86. The minimum atomic E-state index is -0.636. The van der Waals surface area contributed by atoms with E-state index in [2.05, 4.69) is 4.98 Å². The zero-order valence-electron chi connectivity index (χ0n) is 15.7. The second-order valence-electron chi connectivity index (χ2n) is 6.41. The standard InChI is InChI=1S/C22H18N2O5/c1-15-6-5-11-24-20(25)12-16(23-21(15)24)13-28-22(26)19-10-9-18(29-19)14-27-17-7-3-2-4-8-17/h2-12H,13-14H2,1H3. The highest BCUT2D eigenvalue weighted by Crippen LogP contribution is 2.15. The molecule has 7 heteroatoms. The van der Waals surface area contributed by atoms with Crippen LogP contribution in [-0.4, -0.2) is 15.4 Å².